The summed E-state index contributed by atoms with van der Waals surface area (Å²) in [7, 11) is 1.46. The lowest BCUT2D eigenvalue weighted by Crippen LogP contribution is -2.30. The Bertz CT molecular complexity index is 1080. The van der Waals surface area contributed by atoms with Crippen LogP contribution in [0.4, 0.5) is 4.39 Å². The molecule has 1 N–H and O–H groups in total. The van der Waals surface area contributed by atoms with Crippen molar-refractivity contribution in [2.75, 3.05) is 7.11 Å². The highest BCUT2D eigenvalue weighted by Gasteiger charge is 2.32. The van der Waals surface area contributed by atoms with Crippen molar-refractivity contribution in [3.05, 3.63) is 57.4 Å². The molecule has 1 fully saturated rings. The highest BCUT2D eigenvalue weighted by atomic mass is 35.5. The molecule has 0 bridgehead atoms. The number of carbonyl (C=O) groups excluding carboxylic acids is 1. The third kappa shape index (κ3) is 7.89. The van der Waals surface area contributed by atoms with E-state index < -0.39 is 17.7 Å². The predicted molar refractivity (Wildman–Crippen MR) is 129 cm³/mol. The minimum atomic E-state index is -0.958. The average Bonchev–Trinajstić information content (AvgIpc) is 3.39. The Hall–Kier alpha value is -2.32. The Morgan fingerprint density at radius 2 is 2.12 bits per heavy atom. The summed E-state index contributed by atoms with van der Waals surface area (Å²) >= 11 is 5.68. The number of aliphatic hydroxyl groups is 1. The van der Waals surface area contributed by atoms with Gasteiger partial charge < -0.3 is 19.1 Å². The number of nitrogens with zero attached hydrogens (tertiary/aromatic N) is 2. The molecule has 180 valence electrons. The van der Waals surface area contributed by atoms with Crippen LogP contribution in [0.25, 0.3) is 12.8 Å². The van der Waals surface area contributed by atoms with Crippen LogP contribution in [0.5, 0.6) is 0 Å². The molecule has 2 aromatic rings. The molecule has 0 spiro atoms. The van der Waals surface area contributed by atoms with Gasteiger partial charge in [0.1, 0.15) is 18.1 Å². The van der Waals surface area contributed by atoms with Crippen LogP contribution in [0.1, 0.15) is 63.0 Å². The van der Waals surface area contributed by atoms with Crippen LogP contribution >= 0.6 is 11.6 Å². The van der Waals surface area contributed by atoms with Crippen LogP contribution in [0.15, 0.2) is 35.5 Å². The normalized spacial score (nSPS) is 19.1. The Morgan fingerprint density at radius 3 is 2.73 bits per heavy atom. The summed E-state index contributed by atoms with van der Waals surface area (Å²) in [6.07, 6.45) is 7.91. The molecule has 1 aliphatic rings. The number of unbranched alkanes of at least 4 members (excludes halogenated alkanes) is 1. The number of benzene rings is 1. The van der Waals surface area contributed by atoms with Gasteiger partial charge in [-0.25, -0.2) is 4.39 Å². The van der Waals surface area contributed by atoms with Crippen LogP contribution in [0.2, 0.25) is 5.02 Å². The maximum Gasteiger partial charge on any atom is 0.191 e. The second-order valence-electron chi connectivity index (χ2n) is 8.18. The van der Waals surface area contributed by atoms with Crippen molar-refractivity contribution in [1.29, 1.82) is 0 Å². The first-order valence-electron chi connectivity index (χ1n) is 10.9. The van der Waals surface area contributed by atoms with Crippen LogP contribution in [-0.2, 0) is 9.47 Å². The average molecular weight is 479 g/mol. The molecule has 2 unspecified atom stereocenters. The van der Waals surface area contributed by atoms with Crippen LogP contribution in [-0.4, -0.2) is 40.7 Å². The van der Waals surface area contributed by atoms with E-state index in [0.29, 0.717) is 12.8 Å². The number of rotatable bonds is 7. The zero-order chi connectivity index (χ0) is 24.6. The van der Waals surface area contributed by atoms with Gasteiger partial charge in [-0.15, -0.1) is 0 Å². The van der Waals surface area contributed by atoms with E-state index >= 15 is 0 Å². The van der Waals surface area contributed by atoms with Crippen LogP contribution in [0, 0.1) is 5.82 Å². The number of hydrogen-bond donors (Lipinski definition) is 1. The second kappa shape index (κ2) is 12.2. The van der Waals surface area contributed by atoms with Crippen molar-refractivity contribution < 1.29 is 23.8 Å². The molecule has 0 amide bonds. The molecule has 1 aliphatic heterocycles. The van der Waals surface area contributed by atoms with Gasteiger partial charge in [0.05, 0.1) is 5.02 Å². The van der Waals surface area contributed by atoms with E-state index in [0.717, 1.165) is 29.5 Å². The lowest BCUT2D eigenvalue weighted by atomic mass is 10.0. The molecular formula is C25H32ClFN2O4. The van der Waals surface area contributed by atoms with Gasteiger partial charge in [0.15, 0.2) is 11.6 Å². The van der Waals surface area contributed by atoms with E-state index in [1.807, 2.05) is 23.0 Å². The molecule has 1 saturated heterocycles. The molecule has 8 heteroatoms. The minimum absolute atomic E-state index is 0.00353. The molecule has 0 aliphatic carbocycles. The fraction of sp³-hybridized carbons (Fsp3) is 0.440. The number of carbonyl (C=O) groups is 1. The van der Waals surface area contributed by atoms with E-state index in [4.69, 9.17) is 21.4 Å². The molecular weight excluding hydrogens is 447 g/mol. The summed E-state index contributed by atoms with van der Waals surface area (Å²) in [5.41, 5.74) is 0.268. The Morgan fingerprint density at radius 1 is 1.42 bits per heavy atom. The molecule has 3 rings (SSSR count). The summed E-state index contributed by atoms with van der Waals surface area (Å²) in [4.78, 5) is 16.9. The standard InChI is InChI=1S/C21H22ClFN2O2.C4H10O2/c1-3-4-10-24-13-16-9-11-25(14(16)2)20-8-7-19(27-20)21(26)15-5-6-17(22)18(23)12-15;1-4(2,5)6-3/h5-6,9-13,19-20H,2-4,7-8H2,1H3;5H,1-3H3/b16-13-,24-10?;. The number of ketones is 1. The number of methoxy groups -OCH3 is 1. The molecule has 1 aromatic carbocycles. The summed E-state index contributed by atoms with van der Waals surface area (Å²) in [5, 5.41) is 10.3. The second-order valence-corrected chi connectivity index (χ2v) is 8.58. The van der Waals surface area contributed by atoms with Gasteiger partial charge in [0.2, 0.25) is 0 Å². The smallest absolute Gasteiger partial charge is 0.191 e. The molecule has 2 heterocycles. The van der Waals surface area contributed by atoms with E-state index in [2.05, 4.69) is 23.2 Å². The summed E-state index contributed by atoms with van der Waals surface area (Å²) in [6.45, 7) is 9.35. The van der Waals surface area contributed by atoms with Crippen molar-refractivity contribution in [1.82, 2.24) is 4.57 Å². The van der Waals surface area contributed by atoms with Gasteiger partial charge in [-0.3, -0.25) is 9.79 Å². The number of aliphatic imine (C=N–C) groups is 1. The van der Waals surface area contributed by atoms with E-state index in [1.54, 1.807) is 20.0 Å². The van der Waals surface area contributed by atoms with E-state index in [-0.39, 0.29) is 22.6 Å². The first-order chi connectivity index (χ1) is 15.6. The van der Waals surface area contributed by atoms with Crippen molar-refractivity contribution >= 4 is 36.4 Å². The fourth-order valence-electron chi connectivity index (χ4n) is 3.07. The number of hydrogen-bond acceptors (Lipinski definition) is 5. The van der Waals surface area contributed by atoms with Crippen LogP contribution < -0.4 is 10.6 Å². The number of Topliss-reactive ketones (excluding diaryl/α,β-unsaturated/α-hetero) is 1. The fourth-order valence-corrected chi connectivity index (χ4v) is 3.19. The lowest BCUT2D eigenvalue weighted by molar-refractivity contribution is -0.155. The number of aromatic nitrogens is 1. The Kier molecular flexibility index (Phi) is 9.98. The topological polar surface area (TPSA) is 73.1 Å². The third-order valence-corrected chi connectivity index (χ3v) is 5.41. The number of halogens is 2. The quantitative estimate of drug-likeness (QED) is 0.367. The molecule has 2 atom stereocenters. The van der Waals surface area contributed by atoms with Gasteiger partial charge in [0, 0.05) is 41.9 Å². The molecule has 33 heavy (non-hydrogen) atoms. The zero-order valence-electron chi connectivity index (χ0n) is 19.6. The summed E-state index contributed by atoms with van der Waals surface area (Å²) in [5.74, 6) is -1.80. The highest BCUT2D eigenvalue weighted by Crippen LogP contribution is 2.29. The maximum atomic E-state index is 13.6. The zero-order valence-corrected chi connectivity index (χ0v) is 20.3. The van der Waals surface area contributed by atoms with Crippen molar-refractivity contribution in [2.45, 2.75) is 64.6 Å². The molecule has 1 aromatic heterocycles. The third-order valence-electron chi connectivity index (χ3n) is 5.10. The largest absolute Gasteiger partial charge is 0.366 e. The number of ether oxygens (including phenoxy) is 2. The molecule has 0 radical (unpaired) electrons. The SMILES string of the molecule is C=c1/c(=C\N=CCCC)ccn1C1CCC(C(=O)c2ccc(Cl)c(F)c2)O1.COC(C)(C)O. The summed E-state index contributed by atoms with van der Waals surface area (Å²) < 4.78 is 26.0. The van der Waals surface area contributed by atoms with Crippen molar-refractivity contribution in [2.24, 2.45) is 4.99 Å². The Balaban J connectivity index is 0.000000569. The van der Waals surface area contributed by atoms with E-state index in [1.165, 1.54) is 19.2 Å². The first kappa shape index (κ1) is 26.9. The van der Waals surface area contributed by atoms with Gasteiger partial charge in [-0.05, 0) is 57.4 Å². The van der Waals surface area contributed by atoms with Crippen LogP contribution in [0.3, 0.4) is 0 Å². The minimum Gasteiger partial charge on any atom is -0.366 e. The van der Waals surface area contributed by atoms with Gasteiger partial charge in [-0.2, -0.15) is 0 Å². The van der Waals surface area contributed by atoms with Crippen molar-refractivity contribution in [3.8, 4) is 0 Å². The lowest BCUT2D eigenvalue weighted by Gasteiger charge is -2.15. The molecule has 0 saturated carbocycles. The van der Waals surface area contributed by atoms with Gasteiger partial charge in [0.25, 0.3) is 0 Å². The van der Waals surface area contributed by atoms with Gasteiger partial charge in [-0.1, -0.05) is 31.5 Å². The monoisotopic (exact) mass is 478 g/mol. The maximum absolute atomic E-state index is 13.6. The first-order valence-corrected chi connectivity index (χ1v) is 11.2. The Labute approximate surface area is 199 Å². The highest BCUT2D eigenvalue weighted by molar-refractivity contribution is 6.30. The van der Waals surface area contributed by atoms with Crippen molar-refractivity contribution in [3.63, 3.8) is 0 Å². The molecule has 6 nitrogen and oxygen atoms in total. The summed E-state index contributed by atoms with van der Waals surface area (Å²) in [6, 6.07) is 6.00. The van der Waals surface area contributed by atoms with Gasteiger partial charge >= 0.3 is 0 Å². The predicted octanol–water partition coefficient (Wildman–Crippen LogP) is 4.22. The van der Waals surface area contributed by atoms with E-state index in [9.17, 15) is 9.18 Å².